The molecule has 6 nitrogen and oxygen atoms in total. The maximum Gasteiger partial charge on any atom is 0.337 e. The van der Waals surface area contributed by atoms with Crippen molar-refractivity contribution in [3.63, 3.8) is 0 Å². The lowest BCUT2D eigenvalue weighted by Crippen LogP contribution is -2.27. The number of thioether (sulfide) groups is 1. The maximum atomic E-state index is 12.1. The third kappa shape index (κ3) is 4.97. The number of sulfonamides is 1. The predicted molar refractivity (Wildman–Crippen MR) is 83.5 cm³/mol. The van der Waals surface area contributed by atoms with Crippen LogP contribution >= 0.6 is 11.8 Å². The third-order valence-electron chi connectivity index (χ3n) is 2.44. The number of ether oxygens (including phenoxy) is 1. The van der Waals surface area contributed by atoms with Crippen LogP contribution in [0.4, 0.5) is 5.69 Å². The van der Waals surface area contributed by atoms with Crippen molar-refractivity contribution in [2.24, 2.45) is 0 Å². The van der Waals surface area contributed by atoms with Gasteiger partial charge in [-0.2, -0.15) is 0 Å². The number of anilines is 1. The van der Waals surface area contributed by atoms with Crippen molar-refractivity contribution < 1.29 is 17.9 Å². The Bertz CT molecular complexity index is 651. The fourth-order valence-corrected chi connectivity index (χ4v) is 3.28. The summed E-state index contributed by atoms with van der Waals surface area (Å²) in [5.74, 6) is 2.96. The Kier molecular flexibility index (Phi) is 6.55. The molecule has 3 N–H and O–H groups in total. The van der Waals surface area contributed by atoms with Crippen molar-refractivity contribution >= 4 is 33.4 Å². The molecule has 0 radical (unpaired) electrons. The molecule has 1 aromatic carbocycles. The second-order valence-electron chi connectivity index (χ2n) is 3.90. The molecule has 0 unspecified atom stereocenters. The summed E-state index contributed by atoms with van der Waals surface area (Å²) < 4.78 is 31.1. The molecule has 0 amide bonds. The van der Waals surface area contributed by atoms with Crippen molar-refractivity contribution in [1.82, 2.24) is 4.72 Å². The highest BCUT2D eigenvalue weighted by Crippen LogP contribution is 2.20. The van der Waals surface area contributed by atoms with E-state index in [-0.39, 0.29) is 22.7 Å². The molecule has 1 rings (SSSR count). The molecule has 114 valence electrons. The number of nitrogens with one attached hydrogen (secondary N) is 1. The van der Waals surface area contributed by atoms with E-state index in [0.717, 1.165) is 0 Å². The zero-order chi connectivity index (χ0) is 15.9. The second-order valence-corrected chi connectivity index (χ2v) is 6.74. The summed E-state index contributed by atoms with van der Waals surface area (Å²) in [6, 6.07) is 3.90. The van der Waals surface area contributed by atoms with Gasteiger partial charge < -0.3 is 10.5 Å². The number of terminal acetylenes is 1. The fourth-order valence-electron chi connectivity index (χ4n) is 1.50. The van der Waals surface area contributed by atoms with Gasteiger partial charge in [-0.3, -0.25) is 0 Å². The molecular formula is C13H16N2O4S2. The van der Waals surface area contributed by atoms with Crippen LogP contribution in [-0.4, -0.2) is 39.5 Å². The van der Waals surface area contributed by atoms with Crippen LogP contribution in [-0.2, 0) is 14.8 Å². The number of carbonyl (C=O) groups is 1. The Labute approximate surface area is 128 Å². The van der Waals surface area contributed by atoms with Crippen LogP contribution in [0.5, 0.6) is 0 Å². The first kappa shape index (κ1) is 17.4. The first-order chi connectivity index (χ1) is 9.92. The molecular weight excluding hydrogens is 312 g/mol. The minimum atomic E-state index is -3.72. The lowest BCUT2D eigenvalue weighted by atomic mass is 10.2. The highest BCUT2D eigenvalue weighted by atomic mass is 32.2. The summed E-state index contributed by atoms with van der Waals surface area (Å²) in [4.78, 5) is 11.3. The van der Waals surface area contributed by atoms with Gasteiger partial charge in [0.15, 0.2) is 0 Å². The molecule has 1 aromatic rings. The second kappa shape index (κ2) is 7.93. The van der Waals surface area contributed by atoms with E-state index in [1.54, 1.807) is 0 Å². The molecule has 0 heterocycles. The Morgan fingerprint density at radius 2 is 2.24 bits per heavy atom. The summed E-state index contributed by atoms with van der Waals surface area (Å²) in [6.45, 7) is 0.243. The molecule has 0 aliphatic heterocycles. The normalized spacial score (nSPS) is 10.9. The molecule has 0 saturated carbocycles. The van der Waals surface area contributed by atoms with Crippen LogP contribution in [0.1, 0.15) is 10.4 Å². The Balaban J connectivity index is 2.80. The largest absolute Gasteiger partial charge is 0.465 e. The van der Waals surface area contributed by atoms with Crippen molar-refractivity contribution in [3.8, 4) is 12.3 Å². The minimum absolute atomic E-state index is 0.0123. The van der Waals surface area contributed by atoms with Gasteiger partial charge in [-0.1, -0.05) is 5.92 Å². The van der Waals surface area contributed by atoms with Gasteiger partial charge in [0, 0.05) is 12.3 Å². The van der Waals surface area contributed by atoms with E-state index in [1.807, 2.05) is 0 Å². The highest BCUT2D eigenvalue weighted by molar-refractivity contribution is 7.99. The Morgan fingerprint density at radius 1 is 1.52 bits per heavy atom. The number of nitrogen functional groups attached to an aromatic ring is 1. The van der Waals surface area contributed by atoms with E-state index in [4.69, 9.17) is 12.2 Å². The van der Waals surface area contributed by atoms with Crippen LogP contribution in [0.2, 0.25) is 0 Å². The quantitative estimate of drug-likeness (QED) is 0.331. The molecule has 0 bridgehead atoms. The first-order valence-corrected chi connectivity index (χ1v) is 8.55. The van der Waals surface area contributed by atoms with Crippen LogP contribution in [0.25, 0.3) is 0 Å². The van der Waals surface area contributed by atoms with Gasteiger partial charge in [0.25, 0.3) is 0 Å². The van der Waals surface area contributed by atoms with E-state index in [2.05, 4.69) is 15.4 Å². The molecule has 0 atom stereocenters. The van der Waals surface area contributed by atoms with Crippen molar-refractivity contribution in [2.75, 3.05) is 30.9 Å². The molecule has 21 heavy (non-hydrogen) atoms. The molecule has 0 aliphatic rings. The average Bonchev–Trinajstić information content (AvgIpc) is 2.45. The zero-order valence-electron chi connectivity index (χ0n) is 11.5. The standard InChI is InChI=1S/C13H16N2O4S2/c1-3-7-20-8-6-15-21(17,18)12-5-4-10(9-11(12)14)13(16)19-2/h1,4-5,9,15H,6-8,14H2,2H3. The number of benzene rings is 1. The summed E-state index contributed by atoms with van der Waals surface area (Å²) in [5, 5.41) is 0. The number of esters is 1. The average molecular weight is 328 g/mol. The zero-order valence-corrected chi connectivity index (χ0v) is 13.1. The number of hydrogen-bond acceptors (Lipinski definition) is 6. The number of methoxy groups -OCH3 is 1. The van der Waals surface area contributed by atoms with E-state index >= 15 is 0 Å². The molecule has 0 spiro atoms. The minimum Gasteiger partial charge on any atom is -0.465 e. The van der Waals surface area contributed by atoms with E-state index in [9.17, 15) is 13.2 Å². The SMILES string of the molecule is C#CCSCCNS(=O)(=O)c1ccc(C(=O)OC)cc1N. The van der Waals surface area contributed by atoms with Crippen molar-refractivity contribution in [3.05, 3.63) is 23.8 Å². The number of carbonyl (C=O) groups excluding carboxylic acids is 1. The fraction of sp³-hybridized carbons (Fsp3) is 0.308. The topological polar surface area (TPSA) is 98.5 Å². The van der Waals surface area contributed by atoms with Crippen LogP contribution in [0, 0.1) is 12.3 Å². The highest BCUT2D eigenvalue weighted by Gasteiger charge is 2.18. The van der Waals surface area contributed by atoms with E-state index in [0.29, 0.717) is 11.5 Å². The van der Waals surface area contributed by atoms with Gasteiger partial charge in [-0.25, -0.2) is 17.9 Å². The third-order valence-corrected chi connectivity index (χ3v) is 4.84. The summed E-state index contributed by atoms with van der Waals surface area (Å²) in [5.41, 5.74) is 5.87. The van der Waals surface area contributed by atoms with Crippen molar-refractivity contribution in [1.29, 1.82) is 0 Å². The monoisotopic (exact) mass is 328 g/mol. The molecule has 0 saturated heterocycles. The maximum absolute atomic E-state index is 12.1. The van der Waals surface area contributed by atoms with Crippen LogP contribution < -0.4 is 10.5 Å². The van der Waals surface area contributed by atoms with Gasteiger partial charge in [0.05, 0.1) is 24.1 Å². The Hall–Kier alpha value is -1.69. The van der Waals surface area contributed by atoms with Crippen LogP contribution in [0.3, 0.4) is 0 Å². The van der Waals surface area contributed by atoms with Gasteiger partial charge in [0.2, 0.25) is 10.0 Å². The molecule has 8 heteroatoms. The van der Waals surface area contributed by atoms with Crippen molar-refractivity contribution in [2.45, 2.75) is 4.90 Å². The molecule has 0 aliphatic carbocycles. The van der Waals surface area contributed by atoms with Crippen LogP contribution in [0.15, 0.2) is 23.1 Å². The Morgan fingerprint density at radius 3 is 2.81 bits per heavy atom. The van der Waals surface area contributed by atoms with Gasteiger partial charge in [0.1, 0.15) is 4.90 Å². The molecule has 0 fully saturated rings. The van der Waals surface area contributed by atoms with Gasteiger partial charge in [-0.05, 0) is 18.2 Å². The number of rotatable bonds is 7. The number of nitrogens with two attached hydrogens (primary N) is 1. The van der Waals surface area contributed by atoms with Gasteiger partial charge in [-0.15, -0.1) is 18.2 Å². The number of hydrogen-bond donors (Lipinski definition) is 2. The predicted octanol–water partition coefficient (Wildman–Crippen LogP) is 0.700. The summed E-state index contributed by atoms with van der Waals surface area (Å²) in [6.07, 6.45) is 5.09. The summed E-state index contributed by atoms with van der Waals surface area (Å²) >= 11 is 1.45. The smallest absolute Gasteiger partial charge is 0.337 e. The lowest BCUT2D eigenvalue weighted by Gasteiger charge is -2.09. The lowest BCUT2D eigenvalue weighted by molar-refractivity contribution is 0.0600. The van der Waals surface area contributed by atoms with E-state index in [1.165, 1.54) is 37.1 Å². The summed E-state index contributed by atoms with van der Waals surface area (Å²) in [7, 11) is -2.48. The first-order valence-electron chi connectivity index (χ1n) is 5.91. The molecule has 0 aromatic heterocycles. The van der Waals surface area contributed by atoms with Gasteiger partial charge >= 0.3 is 5.97 Å². The van der Waals surface area contributed by atoms with E-state index < -0.39 is 16.0 Å².